The van der Waals surface area contributed by atoms with Crippen LogP contribution in [0.25, 0.3) is 0 Å². The normalized spacial score (nSPS) is 26.8. The summed E-state index contributed by atoms with van der Waals surface area (Å²) in [4.78, 5) is 2.36. The highest BCUT2D eigenvalue weighted by atomic mass is 16.5. The lowest BCUT2D eigenvalue weighted by Crippen LogP contribution is -2.37. The molecule has 0 spiro atoms. The van der Waals surface area contributed by atoms with Crippen LogP contribution in [0.4, 0.5) is 0 Å². The molecule has 0 radical (unpaired) electrons. The first-order chi connectivity index (χ1) is 7.65. The predicted octanol–water partition coefficient (Wildman–Crippen LogP) is 1.75. The number of aliphatic hydroxyl groups excluding tert-OH is 1. The van der Waals surface area contributed by atoms with Crippen molar-refractivity contribution >= 4 is 0 Å². The summed E-state index contributed by atoms with van der Waals surface area (Å²) in [5, 5.41) is 9.30. The summed E-state index contributed by atoms with van der Waals surface area (Å²) in [6.07, 6.45) is 2.34. The highest BCUT2D eigenvalue weighted by Gasteiger charge is 2.29. The topological polar surface area (TPSA) is 32.7 Å². The summed E-state index contributed by atoms with van der Waals surface area (Å²) in [7, 11) is 0. The van der Waals surface area contributed by atoms with Crippen LogP contribution in [0.1, 0.15) is 33.6 Å². The van der Waals surface area contributed by atoms with Gasteiger partial charge in [-0.3, -0.25) is 4.90 Å². The van der Waals surface area contributed by atoms with Crippen LogP contribution in [-0.2, 0) is 4.74 Å². The number of likely N-dealkylation sites (tertiary alicyclic amines) is 1. The Morgan fingerprint density at radius 2 is 2.12 bits per heavy atom. The van der Waals surface area contributed by atoms with Crippen molar-refractivity contribution in [1.29, 1.82) is 0 Å². The molecule has 3 nitrogen and oxygen atoms in total. The van der Waals surface area contributed by atoms with E-state index in [4.69, 9.17) is 4.74 Å². The van der Waals surface area contributed by atoms with E-state index in [0.717, 1.165) is 38.6 Å². The van der Waals surface area contributed by atoms with Crippen LogP contribution in [-0.4, -0.2) is 49.0 Å². The predicted molar refractivity (Wildman–Crippen MR) is 66.5 cm³/mol. The van der Waals surface area contributed by atoms with Gasteiger partial charge in [-0.25, -0.2) is 0 Å². The molecular weight excluding hydrogens is 202 g/mol. The molecule has 0 saturated carbocycles. The summed E-state index contributed by atoms with van der Waals surface area (Å²) < 4.78 is 5.61. The van der Waals surface area contributed by atoms with Gasteiger partial charge in [0.15, 0.2) is 0 Å². The van der Waals surface area contributed by atoms with Gasteiger partial charge in [0, 0.05) is 19.2 Å². The Balaban J connectivity index is 2.08. The van der Waals surface area contributed by atoms with Crippen molar-refractivity contribution in [3.63, 3.8) is 0 Å². The number of ether oxygens (including phenoxy) is 1. The van der Waals surface area contributed by atoms with E-state index in [2.05, 4.69) is 25.7 Å². The third kappa shape index (κ3) is 4.40. The fourth-order valence-electron chi connectivity index (χ4n) is 2.26. The van der Waals surface area contributed by atoms with Gasteiger partial charge in [0.05, 0.1) is 13.2 Å². The second kappa shape index (κ2) is 7.25. The summed E-state index contributed by atoms with van der Waals surface area (Å²) in [6.45, 7) is 10.7. The smallest absolute Gasteiger partial charge is 0.0593 e. The summed E-state index contributed by atoms with van der Waals surface area (Å²) in [5.41, 5.74) is 0. The quantitative estimate of drug-likeness (QED) is 0.675. The van der Waals surface area contributed by atoms with Crippen molar-refractivity contribution in [2.45, 2.75) is 39.7 Å². The van der Waals surface area contributed by atoms with Crippen molar-refractivity contribution < 1.29 is 9.84 Å². The third-order valence-electron chi connectivity index (χ3n) is 3.55. The molecule has 0 aromatic heterocycles. The van der Waals surface area contributed by atoms with E-state index >= 15 is 0 Å². The molecule has 3 heteroatoms. The van der Waals surface area contributed by atoms with Crippen molar-refractivity contribution in [1.82, 2.24) is 4.90 Å². The average Bonchev–Trinajstić information content (AvgIpc) is 2.58. The zero-order valence-corrected chi connectivity index (χ0v) is 11.0. The first-order valence-electron chi connectivity index (χ1n) is 6.57. The fourth-order valence-corrected chi connectivity index (χ4v) is 2.26. The summed E-state index contributed by atoms with van der Waals surface area (Å²) in [5.74, 6) is 1.35. The minimum absolute atomic E-state index is 0.285. The molecule has 16 heavy (non-hydrogen) atoms. The van der Waals surface area contributed by atoms with Gasteiger partial charge in [0.1, 0.15) is 0 Å². The van der Waals surface area contributed by atoms with Gasteiger partial charge >= 0.3 is 0 Å². The molecule has 0 aromatic carbocycles. The molecule has 0 aromatic rings. The van der Waals surface area contributed by atoms with Crippen LogP contribution in [0.2, 0.25) is 0 Å². The molecule has 2 atom stereocenters. The van der Waals surface area contributed by atoms with Gasteiger partial charge < -0.3 is 9.84 Å². The molecule has 1 N–H and O–H groups in total. The number of aliphatic hydroxyl groups is 1. The fraction of sp³-hybridized carbons (Fsp3) is 1.00. The highest BCUT2D eigenvalue weighted by molar-refractivity contribution is 4.83. The second-order valence-corrected chi connectivity index (χ2v) is 5.35. The van der Waals surface area contributed by atoms with Crippen LogP contribution in [0.3, 0.4) is 0 Å². The highest BCUT2D eigenvalue weighted by Crippen LogP contribution is 2.22. The Labute approximate surface area is 99.8 Å². The van der Waals surface area contributed by atoms with Gasteiger partial charge in [0.2, 0.25) is 0 Å². The van der Waals surface area contributed by atoms with Gasteiger partial charge in [-0.1, -0.05) is 20.8 Å². The van der Waals surface area contributed by atoms with Gasteiger partial charge in [0.25, 0.3) is 0 Å². The molecule has 1 fully saturated rings. The van der Waals surface area contributed by atoms with E-state index in [1.54, 1.807) is 0 Å². The van der Waals surface area contributed by atoms with E-state index in [0.29, 0.717) is 12.0 Å². The van der Waals surface area contributed by atoms with E-state index in [9.17, 15) is 5.11 Å². The molecule has 2 unspecified atom stereocenters. The van der Waals surface area contributed by atoms with E-state index in [-0.39, 0.29) is 6.61 Å². The summed E-state index contributed by atoms with van der Waals surface area (Å²) in [6, 6.07) is 0.355. The maximum absolute atomic E-state index is 9.30. The average molecular weight is 229 g/mol. The Hall–Kier alpha value is -0.120. The first-order valence-corrected chi connectivity index (χ1v) is 6.57. The lowest BCUT2D eigenvalue weighted by molar-refractivity contribution is 0.0741. The standard InChI is InChI=1S/C13H27NO2/c1-11(2)5-8-16-9-7-14-6-4-12(3)13(14)10-15/h11-13,15H,4-10H2,1-3H3. The molecule has 1 heterocycles. The third-order valence-corrected chi connectivity index (χ3v) is 3.55. The minimum atomic E-state index is 0.285. The summed E-state index contributed by atoms with van der Waals surface area (Å²) >= 11 is 0. The SMILES string of the molecule is CC(C)CCOCCN1CCC(C)C1CO. The van der Waals surface area contributed by atoms with Crippen LogP contribution < -0.4 is 0 Å². The first kappa shape index (κ1) is 13.9. The lowest BCUT2D eigenvalue weighted by atomic mass is 10.0. The van der Waals surface area contributed by atoms with Crippen molar-refractivity contribution in [3.8, 4) is 0 Å². The molecule has 1 aliphatic rings. The molecule has 96 valence electrons. The van der Waals surface area contributed by atoms with E-state index < -0.39 is 0 Å². The Morgan fingerprint density at radius 3 is 2.75 bits per heavy atom. The van der Waals surface area contributed by atoms with E-state index in [1.165, 1.54) is 6.42 Å². The monoisotopic (exact) mass is 229 g/mol. The molecule has 1 rings (SSSR count). The Morgan fingerprint density at radius 1 is 1.38 bits per heavy atom. The van der Waals surface area contributed by atoms with Gasteiger partial charge in [-0.05, 0) is 31.2 Å². The maximum Gasteiger partial charge on any atom is 0.0593 e. The molecule has 0 bridgehead atoms. The van der Waals surface area contributed by atoms with Crippen molar-refractivity contribution in [2.75, 3.05) is 32.9 Å². The molecule has 1 saturated heterocycles. The lowest BCUT2D eigenvalue weighted by Gasteiger charge is -2.24. The number of hydrogen-bond acceptors (Lipinski definition) is 3. The zero-order chi connectivity index (χ0) is 12.0. The van der Waals surface area contributed by atoms with Crippen LogP contribution in [0.5, 0.6) is 0 Å². The minimum Gasteiger partial charge on any atom is -0.395 e. The Bertz CT molecular complexity index is 185. The van der Waals surface area contributed by atoms with Crippen molar-refractivity contribution in [2.24, 2.45) is 11.8 Å². The van der Waals surface area contributed by atoms with Crippen LogP contribution >= 0.6 is 0 Å². The Kier molecular flexibility index (Phi) is 6.32. The number of nitrogens with zero attached hydrogens (tertiary/aromatic N) is 1. The van der Waals surface area contributed by atoms with Gasteiger partial charge in [-0.2, -0.15) is 0 Å². The van der Waals surface area contributed by atoms with Gasteiger partial charge in [-0.15, -0.1) is 0 Å². The maximum atomic E-state index is 9.30. The number of rotatable bonds is 7. The van der Waals surface area contributed by atoms with Crippen molar-refractivity contribution in [3.05, 3.63) is 0 Å². The molecule has 0 amide bonds. The van der Waals surface area contributed by atoms with Crippen LogP contribution in [0.15, 0.2) is 0 Å². The number of hydrogen-bond donors (Lipinski definition) is 1. The second-order valence-electron chi connectivity index (χ2n) is 5.35. The van der Waals surface area contributed by atoms with E-state index in [1.807, 2.05) is 0 Å². The van der Waals surface area contributed by atoms with Crippen LogP contribution in [0, 0.1) is 11.8 Å². The molecule has 1 aliphatic heterocycles. The largest absolute Gasteiger partial charge is 0.395 e. The molecular formula is C13H27NO2. The molecule has 0 aliphatic carbocycles. The zero-order valence-electron chi connectivity index (χ0n) is 11.0.